The highest BCUT2D eigenvalue weighted by atomic mass is 16.5. The summed E-state index contributed by atoms with van der Waals surface area (Å²) in [5, 5.41) is 4.00. The van der Waals surface area contributed by atoms with Gasteiger partial charge in [0, 0.05) is 24.0 Å². The maximum Gasteiger partial charge on any atom is 0.138 e. The van der Waals surface area contributed by atoms with Gasteiger partial charge in [-0.1, -0.05) is 5.16 Å². The van der Waals surface area contributed by atoms with Crippen LogP contribution in [0.15, 0.2) is 16.9 Å². The molecular formula is C14H19N3O. The number of nitrogens with two attached hydrogens (primary N) is 1. The van der Waals surface area contributed by atoms with Gasteiger partial charge in [-0.2, -0.15) is 0 Å². The average molecular weight is 245 g/mol. The molecular weight excluding hydrogens is 226 g/mol. The lowest BCUT2D eigenvalue weighted by Gasteiger charge is -2.17. The molecule has 18 heavy (non-hydrogen) atoms. The van der Waals surface area contributed by atoms with E-state index >= 15 is 0 Å². The zero-order valence-corrected chi connectivity index (χ0v) is 10.9. The minimum absolute atomic E-state index is 0.208. The molecule has 1 aliphatic carbocycles. The van der Waals surface area contributed by atoms with E-state index in [9.17, 15) is 0 Å². The molecule has 4 heteroatoms. The maximum absolute atomic E-state index is 6.15. The fraction of sp³-hybridized carbons (Fsp3) is 0.500. The van der Waals surface area contributed by atoms with Crippen LogP contribution >= 0.6 is 0 Å². The van der Waals surface area contributed by atoms with Crippen molar-refractivity contribution in [2.75, 3.05) is 0 Å². The molecule has 2 aromatic rings. The third-order valence-electron chi connectivity index (χ3n) is 3.88. The Kier molecular flexibility index (Phi) is 2.74. The third kappa shape index (κ3) is 1.86. The van der Waals surface area contributed by atoms with E-state index in [0.29, 0.717) is 0 Å². The van der Waals surface area contributed by atoms with Gasteiger partial charge >= 0.3 is 0 Å². The third-order valence-corrected chi connectivity index (χ3v) is 3.88. The van der Waals surface area contributed by atoms with Crippen LogP contribution in [0.3, 0.4) is 0 Å². The normalized spacial score (nSPS) is 18.9. The molecule has 0 aliphatic heterocycles. The van der Waals surface area contributed by atoms with E-state index in [4.69, 9.17) is 10.3 Å². The predicted octanol–water partition coefficient (Wildman–Crippen LogP) is 2.48. The highest BCUT2D eigenvalue weighted by Crippen LogP contribution is 2.29. The molecule has 1 atom stereocenters. The van der Waals surface area contributed by atoms with Gasteiger partial charge in [0.15, 0.2) is 0 Å². The molecule has 0 amide bonds. The monoisotopic (exact) mass is 245 g/mol. The first-order valence-corrected chi connectivity index (χ1v) is 6.51. The van der Waals surface area contributed by atoms with Crippen molar-refractivity contribution in [2.45, 2.75) is 45.7 Å². The second kappa shape index (κ2) is 4.28. The topological polar surface area (TPSA) is 57.0 Å². The number of fused-ring (bicyclic) bond motifs is 1. The molecule has 3 rings (SSSR count). The summed E-state index contributed by atoms with van der Waals surface area (Å²) in [6.07, 6.45) is 7.86. The number of aryl methyl sites for hydroxylation is 3. The summed E-state index contributed by atoms with van der Waals surface area (Å²) < 4.78 is 7.41. The van der Waals surface area contributed by atoms with E-state index < -0.39 is 0 Å². The van der Waals surface area contributed by atoms with E-state index in [1.54, 1.807) is 0 Å². The Morgan fingerprint density at radius 3 is 2.94 bits per heavy atom. The molecule has 1 aliphatic rings. The Balaban J connectivity index is 1.90. The van der Waals surface area contributed by atoms with Gasteiger partial charge in [-0.25, -0.2) is 0 Å². The molecule has 2 aromatic heterocycles. The second-order valence-electron chi connectivity index (χ2n) is 5.21. The molecule has 0 radical (unpaired) electrons. The van der Waals surface area contributed by atoms with Gasteiger partial charge in [0.2, 0.25) is 0 Å². The molecule has 2 heterocycles. The quantitative estimate of drug-likeness (QED) is 0.884. The van der Waals surface area contributed by atoms with Crippen LogP contribution in [-0.2, 0) is 13.0 Å². The minimum Gasteiger partial charge on any atom is -0.361 e. The Bertz CT molecular complexity index is 548. The van der Waals surface area contributed by atoms with Crippen LogP contribution in [0.25, 0.3) is 0 Å². The van der Waals surface area contributed by atoms with Crippen LogP contribution in [0.5, 0.6) is 0 Å². The van der Waals surface area contributed by atoms with Gasteiger partial charge in [-0.3, -0.25) is 0 Å². The number of aromatic nitrogens is 2. The van der Waals surface area contributed by atoms with Crippen LogP contribution in [0.4, 0.5) is 0 Å². The summed E-state index contributed by atoms with van der Waals surface area (Å²) in [4.78, 5) is 0. The summed E-state index contributed by atoms with van der Waals surface area (Å²) >= 11 is 0. The van der Waals surface area contributed by atoms with Gasteiger partial charge in [-0.05, 0) is 44.2 Å². The van der Waals surface area contributed by atoms with E-state index in [0.717, 1.165) is 30.8 Å². The Morgan fingerprint density at radius 1 is 1.44 bits per heavy atom. The molecule has 0 saturated carbocycles. The summed E-state index contributed by atoms with van der Waals surface area (Å²) in [5.41, 5.74) is 11.0. The van der Waals surface area contributed by atoms with E-state index in [2.05, 4.69) is 22.1 Å². The largest absolute Gasteiger partial charge is 0.361 e. The van der Waals surface area contributed by atoms with Crippen molar-refractivity contribution in [3.05, 3.63) is 40.5 Å². The van der Waals surface area contributed by atoms with Gasteiger partial charge in [0.25, 0.3) is 0 Å². The van der Waals surface area contributed by atoms with Crippen molar-refractivity contribution in [2.24, 2.45) is 5.73 Å². The van der Waals surface area contributed by atoms with Crippen LogP contribution in [0.2, 0.25) is 0 Å². The van der Waals surface area contributed by atoms with Gasteiger partial charge < -0.3 is 14.8 Å². The molecule has 4 nitrogen and oxygen atoms in total. The predicted molar refractivity (Wildman–Crippen MR) is 69.4 cm³/mol. The highest BCUT2D eigenvalue weighted by Gasteiger charge is 2.19. The zero-order valence-electron chi connectivity index (χ0n) is 10.9. The number of rotatable bonds is 2. The molecule has 0 bridgehead atoms. The molecule has 0 aromatic carbocycles. The van der Waals surface area contributed by atoms with Crippen molar-refractivity contribution in [3.63, 3.8) is 0 Å². The van der Waals surface area contributed by atoms with Crippen molar-refractivity contribution >= 4 is 0 Å². The summed E-state index contributed by atoms with van der Waals surface area (Å²) in [5.74, 6) is 0.906. The number of hydrogen-bond donors (Lipinski definition) is 1. The minimum atomic E-state index is 0.208. The summed E-state index contributed by atoms with van der Waals surface area (Å²) in [6.45, 7) is 4.77. The maximum atomic E-state index is 6.15. The molecule has 0 spiro atoms. The lowest BCUT2D eigenvalue weighted by molar-refractivity contribution is 0.392. The van der Waals surface area contributed by atoms with Crippen molar-refractivity contribution in [1.82, 2.24) is 9.72 Å². The van der Waals surface area contributed by atoms with Crippen LogP contribution in [0.1, 0.15) is 47.0 Å². The molecule has 0 saturated heterocycles. The van der Waals surface area contributed by atoms with E-state index in [1.165, 1.54) is 23.1 Å². The lowest BCUT2D eigenvalue weighted by atomic mass is 9.92. The smallest absolute Gasteiger partial charge is 0.138 e. The van der Waals surface area contributed by atoms with Gasteiger partial charge in [0.1, 0.15) is 5.76 Å². The zero-order chi connectivity index (χ0) is 12.7. The van der Waals surface area contributed by atoms with Gasteiger partial charge in [0.05, 0.1) is 12.2 Å². The van der Waals surface area contributed by atoms with E-state index in [-0.39, 0.29) is 6.04 Å². The standard InChI is InChI=1S/C14H19N3O/c1-9-12(10(2)18-16-9)7-17-6-11-4-3-5-14(15)13(11)8-17/h6,8,14H,3-5,7,15H2,1-2H3. The first-order valence-electron chi connectivity index (χ1n) is 6.51. The van der Waals surface area contributed by atoms with Crippen molar-refractivity contribution in [3.8, 4) is 0 Å². The molecule has 0 fully saturated rings. The fourth-order valence-electron chi connectivity index (χ4n) is 2.79. The summed E-state index contributed by atoms with van der Waals surface area (Å²) in [6, 6.07) is 0.208. The van der Waals surface area contributed by atoms with Crippen LogP contribution < -0.4 is 5.73 Å². The fourth-order valence-corrected chi connectivity index (χ4v) is 2.79. The molecule has 2 N–H and O–H groups in total. The highest BCUT2D eigenvalue weighted by molar-refractivity contribution is 5.31. The second-order valence-corrected chi connectivity index (χ2v) is 5.21. The summed E-state index contributed by atoms with van der Waals surface area (Å²) in [7, 11) is 0. The Morgan fingerprint density at radius 2 is 2.28 bits per heavy atom. The Hall–Kier alpha value is -1.55. The first-order chi connectivity index (χ1) is 8.65. The molecule has 96 valence electrons. The first kappa shape index (κ1) is 11.5. The van der Waals surface area contributed by atoms with Crippen molar-refractivity contribution in [1.29, 1.82) is 0 Å². The average Bonchev–Trinajstić information content (AvgIpc) is 2.89. The molecule has 1 unspecified atom stereocenters. The van der Waals surface area contributed by atoms with Crippen molar-refractivity contribution < 1.29 is 4.52 Å². The lowest BCUT2D eigenvalue weighted by Crippen LogP contribution is -2.15. The van der Waals surface area contributed by atoms with Gasteiger partial charge in [-0.15, -0.1) is 0 Å². The van der Waals surface area contributed by atoms with Crippen LogP contribution in [0, 0.1) is 13.8 Å². The van der Waals surface area contributed by atoms with Crippen LogP contribution in [-0.4, -0.2) is 9.72 Å². The van der Waals surface area contributed by atoms with E-state index in [1.807, 2.05) is 13.8 Å². The number of hydrogen-bond acceptors (Lipinski definition) is 3. The Labute approximate surface area is 107 Å². The number of nitrogens with zero attached hydrogens (tertiary/aromatic N) is 2. The SMILES string of the molecule is Cc1noc(C)c1Cn1cc2c(c1)C(N)CCC2.